The summed E-state index contributed by atoms with van der Waals surface area (Å²) >= 11 is 0. The van der Waals surface area contributed by atoms with Crippen LogP contribution in [0.2, 0.25) is 0 Å². The third-order valence-electron chi connectivity index (χ3n) is 3.46. The van der Waals surface area contributed by atoms with Crippen molar-refractivity contribution in [2.75, 3.05) is 21.3 Å². The zero-order chi connectivity index (χ0) is 17.0. The van der Waals surface area contributed by atoms with Crippen LogP contribution in [0.25, 0.3) is 0 Å². The monoisotopic (exact) mass is 315 g/mol. The molecule has 5 heteroatoms. The van der Waals surface area contributed by atoms with Gasteiger partial charge in [0.1, 0.15) is 0 Å². The topological polar surface area (TPSA) is 65.0 Å². The summed E-state index contributed by atoms with van der Waals surface area (Å²) in [5, 5.41) is 9.55. The van der Waals surface area contributed by atoms with Gasteiger partial charge in [0.05, 0.1) is 27.4 Å². The predicted molar refractivity (Wildman–Crippen MR) is 86.3 cm³/mol. The molecule has 2 aromatic rings. The molecule has 1 atom stereocenters. The fourth-order valence-electron chi connectivity index (χ4n) is 2.27. The molecular formula is C18H19O5. The number of ether oxygens (including phenoxy) is 3. The lowest BCUT2D eigenvalue weighted by Gasteiger charge is -2.14. The van der Waals surface area contributed by atoms with Crippen LogP contribution in [-0.2, 0) is 0 Å². The number of rotatable bonds is 6. The molecule has 0 saturated heterocycles. The molecule has 0 bridgehead atoms. The minimum absolute atomic E-state index is 0.216. The summed E-state index contributed by atoms with van der Waals surface area (Å²) in [4.78, 5) is 12.7. The van der Waals surface area contributed by atoms with Crippen molar-refractivity contribution in [3.05, 3.63) is 60.0 Å². The largest absolute Gasteiger partial charge is 0.493 e. The SMILES string of the molecule is [CH2]C(O)c1cccc(C(=O)c2cc(OC)c(OC)c(OC)c2)c1. The van der Waals surface area contributed by atoms with Crippen LogP contribution in [0, 0.1) is 6.92 Å². The Morgan fingerprint density at radius 2 is 1.61 bits per heavy atom. The van der Waals surface area contributed by atoms with Crippen molar-refractivity contribution in [2.45, 2.75) is 6.10 Å². The minimum Gasteiger partial charge on any atom is -0.493 e. The van der Waals surface area contributed by atoms with Gasteiger partial charge < -0.3 is 19.3 Å². The third-order valence-corrected chi connectivity index (χ3v) is 3.46. The molecular weight excluding hydrogens is 296 g/mol. The highest BCUT2D eigenvalue weighted by Crippen LogP contribution is 2.38. The van der Waals surface area contributed by atoms with Crippen molar-refractivity contribution >= 4 is 5.78 Å². The van der Waals surface area contributed by atoms with E-state index in [1.807, 2.05) is 0 Å². The lowest BCUT2D eigenvalue weighted by Crippen LogP contribution is -2.05. The summed E-state index contributed by atoms with van der Waals surface area (Å²) in [6.07, 6.45) is -0.886. The fraction of sp³-hybridized carbons (Fsp3) is 0.222. The van der Waals surface area contributed by atoms with Gasteiger partial charge in [0.2, 0.25) is 5.75 Å². The van der Waals surface area contributed by atoms with Gasteiger partial charge in [-0.15, -0.1) is 0 Å². The van der Waals surface area contributed by atoms with Gasteiger partial charge in [-0.05, 0) is 30.7 Å². The van der Waals surface area contributed by atoms with E-state index in [1.165, 1.54) is 21.3 Å². The minimum atomic E-state index is -0.886. The Bertz CT molecular complexity index is 681. The molecule has 0 spiro atoms. The van der Waals surface area contributed by atoms with Gasteiger partial charge in [-0.25, -0.2) is 0 Å². The second kappa shape index (κ2) is 7.15. The average Bonchev–Trinajstić information content (AvgIpc) is 2.59. The van der Waals surface area contributed by atoms with Crippen molar-refractivity contribution in [1.29, 1.82) is 0 Å². The summed E-state index contributed by atoms with van der Waals surface area (Å²) in [5.74, 6) is 1.02. The molecule has 2 aromatic carbocycles. The second-order valence-corrected chi connectivity index (χ2v) is 4.88. The van der Waals surface area contributed by atoms with Crippen LogP contribution >= 0.6 is 0 Å². The summed E-state index contributed by atoms with van der Waals surface area (Å²) in [5.41, 5.74) is 1.41. The number of hydrogen-bond acceptors (Lipinski definition) is 5. The van der Waals surface area contributed by atoms with Crippen molar-refractivity contribution in [1.82, 2.24) is 0 Å². The number of carbonyl (C=O) groups is 1. The Morgan fingerprint density at radius 3 is 2.09 bits per heavy atom. The van der Waals surface area contributed by atoms with E-state index in [9.17, 15) is 9.90 Å². The summed E-state index contributed by atoms with van der Waals surface area (Å²) < 4.78 is 15.8. The van der Waals surface area contributed by atoms with E-state index in [-0.39, 0.29) is 5.78 Å². The Kier molecular flexibility index (Phi) is 5.24. The number of aliphatic hydroxyl groups is 1. The number of benzene rings is 2. The maximum Gasteiger partial charge on any atom is 0.203 e. The predicted octanol–water partition coefficient (Wildman–Crippen LogP) is 2.81. The number of hydrogen-bond donors (Lipinski definition) is 1. The van der Waals surface area contributed by atoms with E-state index in [1.54, 1.807) is 36.4 Å². The summed E-state index contributed by atoms with van der Waals surface area (Å²) in [7, 11) is 4.48. The molecule has 1 radical (unpaired) electrons. The molecule has 2 rings (SSSR count). The molecule has 0 aliphatic carbocycles. The second-order valence-electron chi connectivity index (χ2n) is 4.88. The van der Waals surface area contributed by atoms with E-state index in [4.69, 9.17) is 14.2 Å². The van der Waals surface area contributed by atoms with Crippen LogP contribution in [0.5, 0.6) is 17.2 Å². The quantitative estimate of drug-likeness (QED) is 0.830. The van der Waals surface area contributed by atoms with Crippen molar-refractivity contribution in [3.8, 4) is 17.2 Å². The van der Waals surface area contributed by atoms with Gasteiger partial charge in [0.25, 0.3) is 0 Å². The maximum absolute atomic E-state index is 12.7. The van der Waals surface area contributed by atoms with Gasteiger partial charge in [0, 0.05) is 11.1 Å². The van der Waals surface area contributed by atoms with E-state index >= 15 is 0 Å². The van der Waals surface area contributed by atoms with Crippen LogP contribution in [-0.4, -0.2) is 32.2 Å². The Hall–Kier alpha value is -2.53. The molecule has 1 unspecified atom stereocenters. The van der Waals surface area contributed by atoms with E-state index in [0.29, 0.717) is 33.9 Å². The molecule has 1 N–H and O–H groups in total. The Balaban J connectivity index is 2.49. The zero-order valence-electron chi connectivity index (χ0n) is 13.3. The average molecular weight is 315 g/mol. The molecule has 121 valence electrons. The Morgan fingerprint density at radius 1 is 1.00 bits per heavy atom. The first kappa shape index (κ1) is 16.8. The molecule has 23 heavy (non-hydrogen) atoms. The first-order valence-electron chi connectivity index (χ1n) is 6.97. The van der Waals surface area contributed by atoms with E-state index in [0.717, 1.165) is 0 Å². The number of methoxy groups -OCH3 is 3. The number of carbonyl (C=O) groups excluding carboxylic acids is 1. The lowest BCUT2D eigenvalue weighted by atomic mass is 9.99. The first-order valence-corrected chi connectivity index (χ1v) is 6.97. The van der Waals surface area contributed by atoms with Gasteiger partial charge in [-0.1, -0.05) is 18.2 Å². The van der Waals surface area contributed by atoms with Crippen LogP contribution in [0.1, 0.15) is 27.6 Å². The van der Waals surface area contributed by atoms with Gasteiger partial charge >= 0.3 is 0 Å². The summed E-state index contributed by atoms with van der Waals surface area (Å²) in [6, 6.07) is 9.90. The van der Waals surface area contributed by atoms with E-state index in [2.05, 4.69) is 6.92 Å². The number of ketones is 1. The van der Waals surface area contributed by atoms with Crippen LogP contribution in [0.15, 0.2) is 36.4 Å². The maximum atomic E-state index is 12.7. The third kappa shape index (κ3) is 3.46. The fourth-order valence-corrected chi connectivity index (χ4v) is 2.27. The van der Waals surface area contributed by atoms with Crippen molar-refractivity contribution in [3.63, 3.8) is 0 Å². The smallest absolute Gasteiger partial charge is 0.203 e. The molecule has 0 aliphatic rings. The normalized spacial score (nSPS) is 11.7. The highest BCUT2D eigenvalue weighted by Gasteiger charge is 2.18. The zero-order valence-corrected chi connectivity index (χ0v) is 13.3. The van der Waals surface area contributed by atoms with Crippen LogP contribution < -0.4 is 14.2 Å². The standard InChI is InChI=1S/C18H19O5/c1-11(19)12-6-5-7-13(8-12)17(20)14-9-15(21-2)18(23-4)16(10-14)22-3/h5-11,19H,1H2,2-4H3. The first-order chi connectivity index (χ1) is 11.0. The molecule has 0 saturated carbocycles. The summed E-state index contributed by atoms with van der Waals surface area (Å²) in [6.45, 7) is 3.55. The highest BCUT2D eigenvalue weighted by atomic mass is 16.5. The van der Waals surface area contributed by atoms with Crippen LogP contribution in [0.4, 0.5) is 0 Å². The van der Waals surface area contributed by atoms with Crippen molar-refractivity contribution in [2.24, 2.45) is 0 Å². The molecule has 0 amide bonds. The van der Waals surface area contributed by atoms with E-state index < -0.39 is 6.10 Å². The van der Waals surface area contributed by atoms with Gasteiger partial charge in [-0.3, -0.25) is 4.79 Å². The molecule has 0 heterocycles. The van der Waals surface area contributed by atoms with Gasteiger partial charge in [0.15, 0.2) is 17.3 Å². The van der Waals surface area contributed by atoms with Gasteiger partial charge in [-0.2, -0.15) is 0 Å². The lowest BCUT2D eigenvalue weighted by molar-refractivity contribution is 0.103. The Labute approximate surface area is 135 Å². The van der Waals surface area contributed by atoms with Crippen molar-refractivity contribution < 1.29 is 24.1 Å². The molecule has 0 aromatic heterocycles. The van der Waals surface area contributed by atoms with Crippen LogP contribution in [0.3, 0.4) is 0 Å². The molecule has 0 aliphatic heterocycles. The highest BCUT2D eigenvalue weighted by molar-refractivity contribution is 6.09. The number of aliphatic hydroxyl groups excluding tert-OH is 1. The molecule has 0 fully saturated rings. The molecule has 5 nitrogen and oxygen atoms in total.